The standard InChI is InChI=1S/C12H9N7/c13-10-2-1-8-12(17-10)18-11(16-8)7-5-15-19-4-3-14-6-9(7)19/h1-6H,(H3,13,16,17,18). The number of nitrogens with one attached hydrogen (secondary N) is 1. The molecule has 3 N–H and O–H groups in total. The predicted octanol–water partition coefficient (Wildman–Crippen LogP) is 1.25. The van der Waals surface area contributed by atoms with E-state index >= 15 is 0 Å². The Morgan fingerprint density at radius 3 is 3.05 bits per heavy atom. The van der Waals surface area contributed by atoms with E-state index in [1.54, 1.807) is 35.4 Å². The zero-order valence-electron chi connectivity index (χ0n) is 9.78. The Morgan fingerprint density at radius 2 is 2.11 bits per heavy atom. The Balaban J connectivity index is 1.99. The summed E-state index contributed by atoms with van der Waals surface area (Å²) in [6.07, 6.45) is 6.97. The molecule has 7 nitrogen and oxygen atoms in total. The van der Waals surface area contributed by atoms with Crippen LogP contribution in [0.3, 0.4) is 0 Å². The molecule has 0 aromatic carbocycles. The quantitative estimate of drug-likeness (QED) is 0.530. The summed E-state index contributed by atoms with van der Waals surface area (Å²) in [5.74, 6) is 1.16. The molecule has 0 bridgehead atoms. The number of hydrogen-bond acceptors (Lipinski definition) is 5. The summed E-state index contributed by atoms with van der Waals surface area (Å²) in [7, 11) is 0. The van der Waals surface area contributed by atoms with Gasteiger partial charge in [-0.2, -0.15) is 5.10 Å². The third kappa shape index (κ3) is 1.45. The first-order valence-electron chi connectivity index (χ1n) is 5.71. The van der Waals surface area contributed by atoms with E-state index in [4.69, 9.17) is 5.73 Å². The first-order chi connectivity index (χ1) is 9.31. The maximum atomic E-state index is 5.65. The SMILES string of the molecule is Nc1ccc2[nH]c(-c3cnn4ccncc34)nc2n1. The highest BCUT2D eigenvalue weighted by atomic mass is 15.2. The number of imidazole rings is 1. The van der Waals surface area contributed by atoms with Crippen molar-refractivity contribution in [3.63, 3.8) is 0 Å². The second kappa shape index (κ2) is 3.52. The van der Waals surface area contributed by atoms with Gasteiger partial charge in [0.25, 0.3) is 0 Å². The number of anilines is 1. The number of aromatic amines is 1. The summed E-state index contributed by atoms with van der Waals surface area (Å²) in [4.78, 5) is 15.9. The molecule has 0 amide bonds. The zero-order valence-corrected chi connectivity index (χ0v) is 9.78. The van der Waals surface area contributed by atoms with E-state index in [-0.39, 0.29) is 0 Å². The third-order valence-corrected chi connectivity index (χ3v) is 2.95. The number of hydrogen-bond donors (Lipinski definition) is 2. The van der Waals surface area contributed by atoms with Crippen LogP contribution >= 0.6 is 0 Å². The number of nitrogens with two attached hydrogens (primary N) is 1. The number of nitrogen functional groups attached to an aromatic ring is 1. The van der Waals surface area contributed by atoms with Crippen LogP contribution in [-0.4, -0.2) is 29.5 Å². The molecule has 0 aliphatic rings. The fraction of sp³-hybridized carbons (Fsp3) is 0. The number of H-pyrrole nitrogens is 1. The molecule has 4 aromatic rings. The van der Waals surface area contributed by atoms with Crippen LogP contribution in [0.4, 0.5) is 5.82 Å². The van der Waals surface area contributed by atoms with Crippen LogP contribution in [0.25, 0.3) is 28.1 Å². The summed E-state index contributed by atoms with van der Waals surface area (Å²) in [6.45, 7) is 0. The number of aromatic nitrogens is 6. The average molecular weight is 251 g/mol. The summed E-state index contributed by atoms with van der Waals surface area (Å²) in [5.41, 5.74) is 8.85. The van der Waals surface area contributed by atoms with Crippen molar-refractivity contribution < 1.29 is 0 Å². The van der Waals surface area contributed by atoms with Crippen molar-refractivity contribution in [2.75, 3.05) is 5.73 Å². The van der Waals surface area contributed by atoms with Gasteiger partial charge in [0.05, 0.1) is 29.0 Å². The first kappa shape index (κ1) is 10.0. The van der Waals surface area contributed by atoms with Crippen molar-refractivity contribution in [1.29, 1.82) is 0 Å². The highest BCUT2D eigenvalue weighted by Gasteiger charge is 2.11. The van der Waals surface area contributed by atoms with Crippen LogP contribution < -0.4 is 5.73 Å². The van der Waals surface area contributed by atoms with Crippen LogP contribution in [0, 0.1) is 0 Å². The van der Waals surface area contributed by atoms with E-state index in [0.717, 1.165) is 16.6 Å². The molecule has 0 fully saturated rings. The molecule has 0 saturated carbocycles. The summed E-state index contributed by atoms with van der Waals surface area (Å²) in [5, 5.41) is 4.25. The molecular weight excluding hydrogens is 242 g/mol. The van der Waals surface area contributed by atoms with Crippen LogP contribution in [0.5, 0.6) is 0 Å². The van der Waals surface area contributed by atoms with E-state index in [1.165, 1.54) is 0 Å². The van der Waals surface area contributed by atoms with E-state index < -0.39 is 0 Å². The monoisotopic (exact) mass is 251 g/mol. The molecule has 0 spiro atoms. The molecule has 7 heteroatoms. The highest BCUT2D eigenvalue weighted by Crippen LogP contribution is 2.23. The second-order valence-corrected chi connectivity index (χ2v) is 4.16. The molecule has 4 heterocycles. The molecule has 0 aliphatic heterocycles. The summed E-state index contributed by atoms with van der Waals surface area (Å²) < 4.78 is 1.75. The van der Waals surface area contributed by atoms with Gasteiger partial charge in [-0.05, 0) is 12.1 Å². The van der Waals surface area contributed by atoms with Gasteiger partial charge in [-0.3, -0.25) is 4.98 Å². The number of nitrogens with zero attached hydrogens (tertiary/aromatic N) is 5. The van der Waals surface area contributed by atoms with E-state index in [2.05, 4.69) is 25.0 Å². The van der Waals surface area contributed by atoms with Crippen LogP contribution in [0.1, 0.15) is 0 Å². The molecule has 0 unspecified atom stereocenters. The normalized spacial score (nSPS) is 11.4. The average Bonchev–Trinajstić information content (AvgIpc) is 3.00. The first-order valence-corrected chi connectivity index (χ1v) is 5.71. The maximum absolute atomic E-state index is 5.65. The Hall–Kier alpha value is -2.96. The van der Waals surface area contributed by atoms with Crippen LogP contribution in [-0.2, 0) is 0 Å². The van der Waals surface area contributed by atoms with Gasteiger partial charge in [0, 0.05) is 12.4 Å². The largest absolute Gasteiger partial charge is 0.384 e. The van der Waals surface area contributed by atoms with Crippen molar-refractivity contribution in [3.05, 3.63) is 36.9 Å². The van der Waals surface area contributed by atoms with Gasteiger partial charge in [-0.15, -0.1) is 0 Å². The van der Waals surface area contributed by atoms with Gasteiger partial charge < -0.3 is 10.7 Å². The van der Waals surface area contributed by atoms with E-state index in [1.807, 2.05) is 6.07 Å². The fourth-order valence-corrected chi connectivity index (χ4v) is 2.05. The lowest BCUT2D eigenvalue weighted by atomic mass is 10.3. The van der Waals surface area contributed by atoms with Crippen LogP contribution in [0.15, 0.2) is 36.9 Å². The van der Waals surface area contributed by atoms with Gasteiger partial charge >= 0.3 is 0 Å². The Labute approximate surface area is 107 Å². The van der Waals surface area contributed by atoms with Crippen molar-refractivity contribution in [3.8, 4) is 11.4 Å². The van der Waals surface area contributed by atoms with E-state index in [9.17, 15) is 0 Å². The molecule has 0 radical (unpaired) electrons. The molecular formula is C12H9N7. The molecule has 4 aromatic heterocycles. The smallest absolute Gasteiger partial charge is 0.180 e. The van der Waals surface area contributed by atoms with Gasteiger partial charge in [0.2, 0.25) is 0 Å². The van der Waals surface area contributed by atoms with Gasteiger partial charge in [-0.25, -0.2) is 14.5 Å². The number of rotatable bonds is 1. The molecule has 0 saturated heterocycles. The predicted molar refractivity (Wildman–Crippen MR) is 70.3 cm³/mol. The minimum atomic E-state index is 0.451. The fourth-order valence-electron chi connectivity index (χ4n) is 2.05. The topological polar surface area (TPSA) is 97.8 Å². The number of fused-ring (bicyclic) bond motifs is 2. The zero-order chi connectivity index (χ0) is 12.8. The number of pyridine rings is 1. The molecule has 0 aliphatic carbocycles. The van der Waals surface area contributed by atoms with Crippen LogP contribution in [0.2, 0.25) is 0 Å². The van der Waals surface area contributed by atoms with Gasteiger partial charge in [-0.1, -0.05) is 0 Å². The minimum absolute atomic E-state index is 0.451. The molecule has 0 atom stereocenters. The van der Waals surface area contributed by atoms with Crippen molar-refractivity contribution in [2.24, 2.45) is 0 Å². The lowest BCUT2D eigenvalue weighted by Crippen LogP contribution is -1.88. The van der Waals surface area contributed by atoms with Crippen molar-refractivity contribution >= 4 is 22.5 Å². The molecule has 4 rings (SSSR count). The molecule has 19 heavy (non-hydrogen) atoms. The lowest BCUT2D eigenvalue weighted by Gasteiger charge is -1.93. The highest BCUT2D eigenvalue weighted by molar-refractivity contribution is 5.82. The Kier molecular flexibility index (Phi) is 1.85. The summed E-state index contributed by atoms with van der Waals surface area (Å²) in [6, 6.07) is 3.60. The third-order valence-electron chi connectivity index (χ3n) is 2.95. The Morgan fingerprint density at radius 1 is 1.16 bits per heavy atom. The van der Waals surface area contributed by atoms with Gasteiger partial charge in [0.15, 0.2) is 5.65 Å². The van der Waals surface area contributed by atoms with E-state index in [0.29, 0.717) is 17.3 Å². The second-order valence-electron chi connectivity index (χ2n) is 4.16. The minimum Gasteiger partial charge on any atom is -0.384 e. The Bertz CT molecular complexity index is 889. The lowest BCUT2D eigenvalue weighted by molar-refractivity contribution is 0.946. The molecule has 92 valence electrons. The van der Waals surface area contributed by atoms with Crippen molar-refractivity contribution in [1.82, 2.24) is 29.5 Å². The van der Waals surface area contributed by atoms with Crippen molar-refractivity contribution in [2.45, 2.75) is 0 Å². The maximum Gasteiger partial charge on any atom is 0.180 e. The summed E-state index contributed by atoms with van der Waals surface area (Å²) >= 11 is 0. The van der Waals surface area contributed by atoms with Gasteiger partial charge in [0.1, 0.15) is 11.6 Å².